The maximum atomic E-state index is 13.6. The lowest BCUT2D eigenvalue weighted by atomic mass is 9.87. The van der Waals surface area contributed by atoms with E-state index < -0.39 is 11.9 Å². The van der Waals surface area contributed by atoms with E-state index in [1.807, 2.05) is 33.8 Å². The molecule has 0 radical (unpaired) electrons. The van der Waals surface area contributed by atoms with Crippen LogP contribution in [0.5, 0.6) is 0 Å². The summed E-state index contributed by atoms with van der Waals surface area (Å²) in [4.78, 5) is 4.02. The molecule has 1 aliphatic rings. The molecule has 4 heteroatoms. The molecule has 0 unspecified atom stereocenters. The highest BCUT2D eigenvalue weighted by Crippen LogP contribution is 2.44. The van der Waals surface area contributed by atoms with Crippen LogP contribution in [-0.4, -0.2) is 4.98 Å². The summed E-state index contributed by atoms with van der Waals surface area (Å²) >= 11 is 0. The van der Waals surface area contributed by atoms with Crippen LogP contribution in [0.4, 0.5) is 13.2 Å². The number of hydrogen-bond donors (Lipinski definition) is 0. The molecule has 2 aromatic rings. The molecular formula is C20H24F3N. The molecule has 1 nitrogen and oxygen atoms in total. The summed E-state index contributed by atoms with van der Waals surface area (Å²) in [6.07, 6.45) is -2.08. The van der Waals surface area contributed by atoms with Crippen molar-refractivity contribution in [2.24, 2.45) is 0 Å². The lowest BCUT2D eigenvalue weighted by Crippen LogP contribution is -2.15. The molecular weight excluding hydrogens is 311 g/mol. The van der Waals surface area contributed by atoms with Crippen LogP contribution in [0, 0.1) is 0 Å². The SMILES string of the molecule is CC.CC(C)c1c2c(nc(C(F)(F)F)c1-c1ccccc1)CCC2. The number of benzene rings is 1. The smallest absolute Gasteiger partial charge is 0.247 e. The average Bonchev–Trinajstić information content (AvgIpc) is 3.03. The minimum Gasteiger partial charge on any atom is -0.247 e. The highest BCUT2D eigenvalue weighted by molar-refractivity contribution is 5.73. The van der Waals surface area contributed by atoms with Crippen molar-refractivity contribution in [3.63, 3.8) is 0 Å². The lowest BCUT2D eigenvalue weighted by molar-refractivity contribution is -0.140. The van der Waals surface area contributed by atoms with Crippen molar-refractivity contribution in [1.82, 2.24) is 4.98 Å². The number of nitrogens with zero attached hydrogens (tertiary/aromatic N) is 1. The average molecular weight is 335 g/mol. The summed E-state index contributed by atoms with van der Waals surface area (Å²) in [5.41, 5.74) is 2.62. The third-order valence-electron chi connectivity index (χ3n) is 4.18. The zero-order valence-electron chi connectivity index (χ0n) is 14.7. The van der Waals surface area contributed by atoms with Crippen molar-refractivity contribution in [3.8, 4) is 11.1 Å². The fourth-order valence-corrected chi connectivity index (χ4v) is 3.35. The number of fused-ring (bicyclic) bond motifs is 1. The Morgan fingerprint density at radius 1 is 1.00 bits per heavy atom. The summed E-state index contributed by atoms with van der Waals surface area (Å²) in [6.45, 7) is 7.92. The van der Waals surface area contributed by atoms with Gasteiger partial charge < -0.3 is 0 Å². The molecule has 0 fully saturated rings. The highest BCUT2D eigenvalue weighted by atomic mass is 19.4. The molecule has 1 aliphatic carbocycles. The van der Waals surface area contributed by atoms with E-state index >= 15 is 0 Å². The van der Waals surface area contributed by atoms with Crippen molar-refractivity contribution in [2.45, 2.75) is 59.1 Å². The Morgan fingerprint density at radius 2 is 1.62 bits per heavy atom. The number of hydrogen-bond acceptors (Lipinski definition) is 1. The Kier molecular flexibility index (Phi) is 5.68. The molecule has 0 atom stereocenters. The zero-order valence-corrected chi connectivity index (χ0v) is 14.7. The van der Waals surface area contributed by atoms with Gasteiger partial charge in [0.2, 0.25) is 0 Å². The second kappa shape index (κ2) is 7.37. The second-order valence-corrected chi connectivity index (χ2v) is 6.05. The van der Waals surface area contributed by atoms with E-state index in [1.165, 1.54) is 0 Å². The van der Waals surface area contributed by atoms with Crippen LogP contribution < -0.4 is 0 Å². The third-order valence-corrected chi connectivity index (χ3v) is 4.18. The fraction of sp³-hybridized carbons (Fsp3) is 0.450. The molecule has 0 amide bonds. The summed E-state index contributed by atoms with van der Waals surface area (Å²) in [5, 5.41) is 0. The van der Waals surface area contributed by atoms with E-state index in [-0.39, 0.29) is 11.5 Å². The predicted molar refractivity (Wildman–Crippen MR) is 92.1 cm³/mol. The van der Waals surface area contributed by atoms with Crippen LogP contribution in [0.15, 0.2) is 30.3 Å². The second-order valence-electron chi connectivity index (χ2n) is 6.05. The molecule has 0 bridgehead atoms. The molecule has 3 rings (SSSR count). The third kappa shape index (κ3) is 3.47. The Balaban J connectivity index is 0.00000100. The number of alkyl halides is 3. The van der Waals surface area contributed by atoms with Crippen molar-refractivity contribution in [2.75, 3.05) is 0 Å². The standard InChI is InChI=1S/C18H18F3N.C2H6/c1-11(2)15-13-9-6-10-14(13)22-17(18(19,20)21)16(15)12-7-4-3-5-8-12;1-2/h3-5,7-8,11H,6,9-10H2,1-2H3;1-2H3. The molecule has 130 valence electrons. The minimum atomic E-state index is -4.44. The molecule has 24 heavy (non-hydrogen) atoms. The number of halogens is 3. The van der Waals surface area contributed by atoms with E-state index in [2.05, 4.69) is 4.98 Å². The van der Waals surface area contributed by atoms with Gasteiger partial charge in [0.15, 0.2) is 5.69 Å². The first-order valence-electron chi connectivity index (χ1n) is 8.58. The van der Waals surface area contributed by atoms with E-state index in [1.54, 1.807) is 24.3 Å². The number of aryl methyl sites for hydroxylation is 1. The van der Waals surface area contributed by atoms with Gasteiger partial charge in [-0.05, 0) is 41.9 Å². The van der Waals surface area contributed by atoms with Crippen LogP contribution in [0.3, 0.4) is 0 Å². The zero-order chi connectivity index (χ0) is 17.9. The molecule has 0 aliphatic heterocycles. The van der Waals surface area contributed by atoms with Crippen molar-refractivity contribution < 1.29 is 13.2 Å². The maximum Gasteiger partial charge on any atom is 0.433 e. The molecule has 0 saturated heterocycles. The van der Waals surface area contributed by atoms with Crippen LogP contribution in [0.2, 0.25) is 0 Å². The summed E-state index contributed by atoms with van der Waals surface area (Å²) in [6, 6.07) is 8.82. The van der Waals surface area contributed by atoms with Crippen LogP contribution in [0.1, 0.15) is 62.5 Å². The summed E-state index contributed by atoms with van der Waals surface area (Å²) in [5.74, 6) is 0.0335. The van der Waals surface area contributed by atoms with E-state index in [9.17, 15) is 13.2 Å². The van der Waals surface area contributed by atoms with E-state index in [0.717, 1.165) is 24.0 Å². The van der Waals surface area contributed by atoms with Gasteiger partial charge in [-0.2, -0.15) is 13.2 Å². The summed E-state index contributed by atoms with van der Waals surface area (Å²) < 4.78 is 40.8. The molecule has 1 aromatic heterocycles. The number of aromatic nitrogens is 1. The molecule has 0 N–H and O–H groups in total. The molecule has 0 spiro atoms. The normalized spacial score (nSPS) is 13.5. The predicted octanol–water partition coefficient (Wildman–Crippen LogP) is 6.41. The number of rotatable bonds is 2. The minimum absolute atomic E-state index is 0.0335. The molecule has 0 saturated carbocycles. The molecule has 1 heterocycles. The van der Waals surface area contributed by atoms with Gasteiger partial charge in [0.25, 0.3) is 0 Å². The highest BCUT2D eigenvalue weighted by Gasteiger charge is 2.39. The van der Waals surface area contributed by atoms with Gasteiger partial charge in [-0.1, -0.05) is 58.0 Å². The van der Waals surface area contributed by atoms with Gasteiger partial charge in [0, 0.05) is 11.3 Å². The Bertz CT molecular complexity index is 688. The van der Waals surface area contributed by atoms with Crippen molar-refractivity contribution in [1.29, 1.82) is 0 Å². The van der Waals surface area contributed by atoms with Gasteiger partial charge in [-0.25, -0.2) is 4.98 Å². The largest absolute Gasteiger partial charge is 0.433 e. The monoisotopic (exact) mass is 335 g/mol. The fourth-order valence-electron chi connectivity index (χ4n) is 3.35. The van der Waals surface area contributed by atoms with Gasteiger partial charge in [0.1, 0.15) is 0 Å². The van der Waals surface area contributed by atoms with E-state index in [4.69, 9.17) is 0 Å². The molecule has 1 aromatic carbocycles. The quantitative estimate of drug-likeness (QED) is 0.618. The van der Waals surface area contributed by atoms with E-state index in [0.29, 0.717) is 17.7 Å². The Morgan fingerprint density at radius 3 is 2.17 bits per heavy atom. The van der Waals surface area contributed by atoms with Gasteiger partial charge in [-0.15, -0.1) is 0 Å². The Labute approximate surface area is 141 Å². The van der Waals surface area contributed by atoms with Crippen LogP contribution in [-0.2, 0) is 19.0 Å². The van der Waals surface area contributed by atoms with Crippen LogP contribution in [0.25, 0.3) is 11.1 Å². The van der Waals surface area contributed by atoms with Gasteiger partial charge >= 0.3 is 6.18 Å². The van der Waals surface area contributed by atoms with Crippen molar-refractivity contribution >= 4 is 0 Å². The first kappa shape index (κ1) is 18.5. The lowest BCUT2D eigenvalue weighted by Gasteiger charge is -2.22. The van der Waals surface area contributed by atoms with Gasteiger partial charge in [-0.3, -0.25) is 0 Å². The first-order valence-corrected chi connectivity index (χ1v) is 8.58. The summed E-state index contributed by atoms with van der Waals surface area (Å²) in [7, 11) is 0. The van der Waals surface area contributed by atoms with Crippen molar-refractivity contribution in [3.05, 3.63) is 52.8 Å². The number of pyridine rings is 1. The topological polar surface area (TPSA) is 12.9 Å². The Hall–Kier alpha value is -1.84. The van der Waals surface area contributed by atoms with Crippen LogP contribution >= 0.6 is 0 Å². The maximum absolute atomic E-state index is 13.6. The first-order chi connectivity index (χ1) is 11.4. The van der Waals surface area contributed by atoms with Gasteiger partial charge in [0.05, 0.1) is 0 Å².